The van der Waals surface area contributed by atoms with Crippen molar-refractivity contribution in [2.75, 3.05) is 7.11 Å². The molecular weight excluding hydrogens is 384 g/mol. The molecule has 0 unspecified atom stereocenters. The first-order valence-electron chi connectivity index (χ1n) is 13.2. The fourth-order valence-corrected chi connectivity index (χ4v) is 8.65. The first-order chi connectivity index (χ1) is 14.7. The summed E-state index contributed by atoms with van der Waals surface area (Å²) in [7, 11) is 1.00. The van der Waals surface area contributed by atoms with E-state index in [1.807, 2.05) is 0 Å². The lowest BCUT2D eigenvalue weighted by atomic mass is 9.46. The predicted molar refractivity (Wildman–Crippen MR) is 129 cm³/mol. The van der Waals surface area contributed by atoms with Gasteiger partial charge in [0.15, 0.2) is 0 Å². The summed E-state index contributed by atoms with van der Waals surface area (Å²) in [6.07, 6.45) is 13.9. The highest BCUT2D eigenvalue weighted by molar-refractivity contribution is 5.27. The van der Waals surface area contributed by atoms with E-state index >= 15 is 0 Å². The summed E-state index contributed by atoms with van der Waals surface area (Å²) in [5, 5.41) is 28.5. The molecule has 0 aromatic rings. The molecule has 3 heteroatoms. The number of rotatable bonds is 5. The quantitative estimate of drug-likeness (QED) is 0.467. The van der Waals surface area contributed by atoms with E-state index in [0.717, 1.165) is 44.1 Å². The Morgan fingerprint density at radius 1 is 0.935 bits per heavy atom. The van der Waals surface area contributed by atoms with Crippen molar-refractivity contribution in [3.63, 3.8) is 0 Å². The molecule has 3 fully saturated rings. The van der Waals surface area contributed by atoms with Gasteiger partial charge < -0.3 is 15.3 Å². The van der Waals surface area contributed by atoms with E-state index < -0.39 is 0 Å². The zero-order valence-corrected chi connectivity index (χ0v) is 21.1. The van der Waals surface area contributed by atoms with Crippen molar-refractivity contribution < 1.29 is 15.3 Å². The predicted octanol–water partition coefficient (Wildman–Crippen LogP) is 5.97. The van der Waals surface area contributed by atoms with Gasteiger partial charge in [-0.2, -0.15) is 0 Å². The second kappa shape index (κ2) is 9.85. The van der Waals surface area contributed by atoms with Crippen LogP contribution in [0.1, 0.15) is 98.8 Å². The summed E-state index contributed by atoms with van der Waals surface area (Å²) in [6.45, 7) is 12.2. The first-order valence-corrected chi connectivity index (χ1v) is 13.2. The van der Waals surface area contributed by atoms with Gasteiger partial charge in [0.1, 0.15) is 0 Å². The molecule has 0 aromatic carbocycles. The Hall–Kier alpha value is -0.380. The summed E-state index contributed by atoms with van der Waals surface area (Å²) in [6, 6.07) is 0. The summed E-state index contributed by atoms with van der Waals surface area (Å²) >= 11 is 0. The van der Waals surface area contributed by atoms with Gasteiger partial charge in [-0.15, -0.1) is 0 Å². The average molecular weight is 435 g/mol. The molecule has 4 aliphatic carbocycles. The van der Waals surface area contributed by atoms with Crippen LogP contribution in [0, 0.1) is 46.3 Å². The lowest BCUT2D eigenvalue weighted by Crippen LogP contribution is -2.54. The van der Waals surface area contributed by atoms with Crippen molar-refractivity contribution in [3.05, 3.63) is 11.6 Å². The molecule has 3 nitrogen and oxygen atoms in total. The maximum absolute atomic E-state index is 11.3. The van der Waals surface area contributed by atoms with E-state index in [1.165, 1.54) is 50.5 Å². The smallest absolute Gasteiger partial charge is 0.0757 e. The third-order valence-electron chi connectivity index (χ3n) is 10.3. The molecule has 4 rings (SSSR count). The standard InChI is InChI=1S/C27H46O2.CH4O/c1-17(2)7-6-8-18(3)21-9-10-22-25-23(12-14-27(21,22)5)26(4)13-11-20(28)15-19(26)16-24(25)29;1-2/h16-18,20-25,28-29H,6-15H2,1-5H3;2H,1H3/t18-,20+,21-,22+,23+,24-,25+,26+,27-;/m1./s1. The third kappa shape index (κ3) is 4.53. The third-order valence-corrected chi connectivity index (χ3v) is 10.3. The Balaban J connectivity index is 0.00000132. The fourth-order valence-electron chi connectivity index (χ4n) is 8.65. The van der Waals surface area contributed by atoms with E-state index in [2.05, 4.69) is 40.7 Å². The van der Waals surface area contributed by atoms with Gasteiger partial charge in [-0.05, 0) is 91.3 Å². The molecule has 0 spiro atoms. The van der Waals surface area contributed by atoms with Gasteiger partial charge in [-0.25, -0.2) is 0 Å². The van der Waals surface area contributed by atoms with Gasteiger partial charge in [0, 0.05) is 7.11 Å². The van der Waals surface area contributed by atoms with Crippen LogP contribution in [0.4, 0.5) is 0 Å². The van der Waals surface area contributed by atoms with Crippen LogP contribution in [-0.4, -0.2) is 34.6 Å². The first kappa shape index (κ1) is 25.2. The molecule has 180 valence electrons. The number of fused-ring (bicyclic) bond motifs is 5. The largest absolute Gasteiger partial charge is 0.400 e. The highest BCUT2D eigenvalue weighted by atomic mass is 16.3. The SMILES string of the molecule is CC(C)CCC[C@@H](C)[C@H]1CC[C@H]2[C@@H]3[C@H](O)C=C4C[C@@H](O)CC[C@]4(C)[C@H]3CC[C@]12C.CO. The van der Waals surface area contributed by atoms with Crippen LogP contribution in [0.3, 0.4) is 0 Å². The minimum Gasteiger partial charge on any atom is -0.400 e. The Morgan fingerprint density at radius 2 is 1.65 bits per heavy atom. The van der Waals surface area contributed by atoms with Crippen LogP contribution in [0.15, 0.2) is 11.6 Å². The maximum Gasteiger partial charge on any atom is 0.0757 e. The molecule has 3 saturated carbocycles. The molecule has 0 heterocycles. The lowest BCUT2D eigenvalue weighted by molar-refractivity contribution is -0.0970. The average Bonchev–Trinajstić information content (AvgIpc) is 3.08. The van der Waals surface area contributed by atoms with Crippen LogP contribution < -0.4 is 0 Å². The van der Waals surface area contributed by atoms with E-state index in [-0.39, 0.29) is 17.6 Å². The van der Waals surface area contributed by atoms with Crippen LogP contribution >= 0.6 is 0 Å². The van der Waals surface area contributed by atoms with Gasteiger partial charge >= 0.3 is 0 Å². The normalized spacial score (nSPS) is 45.0. The highest BCUT2D eigenvalue weighted by Crippen LogP contribution is 2.67. The molecule has 0 aromatic heterocycles. The lowest BCUT2D eigenvalue weighted by Gasteiger charge is -2.59. The van der Waals surface area contributed by atoms with Crippen molar-refractivity contribution in [2.24, 2.45) is 46.3 Å². The second-order valence-corrected chi connectivity index (χ2v) is 12.3. The number of aliphatic hydroxyl groups is 3. The van der Waals surface area contributed by atoms with Gasteiger partial charge in [0.2, 0.25) is 0 Å². The van der Waals surface area contributed by atoms with Gasteiger partial charge in [0.25, 0.3) is 0 Å². The summed E-state index contributed by atoms with van der Waals surface area (Å²) in [5.74, 6) is 4.18. The minimum absolute atomic E-state index is 0.200. The number of hydrogen-bond acceptors (Lipinski definition) is 3. The van der Waals surface area contributed by atoms with Gasteiger partial charge in [-0.1, -0.05) is 65.5 Å². The number of aliphatic hydroxyl groups excluding tert-OH is 3. The zero-order valence-electron chi connectivity index (χ0n) is 21.1. The molecule has 0 bridgehead atoms. The van der Waals surface area contributed by atoms with Crippen LogP contribution in [0.2, 0.25) is 0 Å². The molecule has 4 aliphatic rings. The molecule has 3 N–H and O–H groups in total. The van der Waals surface area contributed by atoms with E-state index in [0.29, 0.717) is 23.2 Å². The van der Waals surface area contributed by atoms with Crippen LogP contribution in [0.25, 0.3) is 0 Å². The van der Waals surface area contributed by atoms with Crippen molar-refractivity contribution in [1.82, 2.24) is 0 Å². The van der Waals surface area contributed by atoms with Crippen LogP contribution in [0.5, 0.6) is 0 Å². The van der Waals surface area contributed by atoms with E-state index in [4.69, 9.17) is 5.11 Å². The Morgan fingerprint density at radius 3 is 2.32 bits per heavy atom. The minimum atomic E-state index is -0.298. The number of hydrogen-bond donors (Lipinski definition) is 3. The molecular formula is C28H50O3. The molecule has 31 heavy (non-hydrogen) atoms. The maximum atomic E-state index is 11.3. The second-order valence-electron chi connectivity index (χ2n) is 12.3. The van der Waals surface area contributed by atoms with Crippen molar-refractivity contribution in [3.8, 4) is 0 Å². The topological polar surface area (TPSA) is 60.7 Å². The summed E-state index contributed by atoms with van der Waals surface area (Å²) < 4.78 is 0. The molecule has 0 amide bonds. The molecule has 0 aliphatic heterocycles. The van der Waals surface area contributed by atoms with E-state index in [9.17, 15) is 10.2 Å². The van der Waals surface area contributed by atoms with Gasteiger partial charge in [0.05, 0.1) is 12.2 Å². The molecule has 0 saturated heterocycles. The van der Waals surface area contributed by atoms with Crippen molar-refractivity contribution in [2.45, 2.75) is 111 Å². The highest BCUT2D eigenvalue weighted by Gasteiger charge is 2.61. The summed E-state index contributed by atoms with van der Waals surface area (Å²) in [5.41, 5.74) is 1.99. The monoisotopic (exact) mass is 434 g/mol. The van der Waals surface area contributed by atoms with Crippen molar-refractivity contribution in [1.29, 1.82) is 0 Å². The van der Waals surface area contributed by atoms with E-state index in [1.54, 1.807) is 0 Å². The van der Waals surface area contributed by atoms with Crippen molar-refractivity contribution >= 4 is 0 Å². The Kier molecular flexibility index (Phi) is 8.03. The molecule has 0 radical (unpaired) electrons. The van der Waals surface area contributed by atoms with Gasteiger partial charge in [-0.3, -0.25) is 0 Å². The fraction of sp³-hybridized carbons (Fsp3) is 0.929. The Labute approximate surface area is 191 Å². The Bertz CT molecular complexity index is 628. The zero-order chi connectivity index (χ0) is 23.0. The summed E-state index contributed by atoms with van der Waals surface area (Å²) in [4.78, 5) is 0. The molecule has 9 atom stereocenters. The van der Waals surface area contributed by atoms with Crippen LogP contribution in [-0.2, 0) is 0 Å².